The zero-order valence-electron chi connectivity index (χ0n) is 34.7. The van der Waals surface area contributed by atoms with Crippen LogP contribution >= 0.6 is 11.3 Å². The maximum atomic E-state index is 14.3. The van der Waals surface area contributed by atoms with E-state index in [1.165, 1.54) is 21.6 Å². The van der Waals surface area contributed by atoms with Crippen LogP contribution in [0.2, 0.25) is 0 Å². The maximum absolute atomic E-state index is 14.3. The number of fused-ring (bicyclic) bond motifs is 1. The Morgan fingerprint density at radius 1 is 1.04 bits per heavy atom. The fourth-order valence-corrected chi connectivity index (χ4v) is 8.97. The number of aryl methyl sites for hydroxylation is 1. The number of hydrogen-bond acceptors (Lipinski definition) is 8. The van der Waals surface area contributed by atoms with Gasteiger partial charge in [-0.05, 0) is 110 Å². The van der Waals surface area contributed by atoms with Crippen molar-refractivity contribution in [3.05, 3.63) is 93.7 Å². The van der Waals surface area contributed by atoms with Gasteiger partial charge < -0.3 is 20.7 Å². The van der Waals surface area contributed by atoms with Gasteiger partial charge in [0.25, 0.3) is 5.91 Å². The molecule has 2 aromatic carbocycles. The Morgan fingerprint density at radius 2 is 1.84 bits per heavy atom. The van der Waals surface area contributed by atoms with Gasteiger partial charge in [-0.3, -0.25) is 19.4 Å². The van der Waals surface area contributed by atoms with Crippen molar-refractivity contribution in [2.75, 3.05) is 26.3 Å². The molecule has 3 aliphatic rings. The third kappa shape index (κ3) is 11.0. The van der Waals surface area contributed by atoms with Gasteiger partial charge in [0.15, 0.2) is 5.78 Å². The van der Waals surface area contributed by atoms with Crippen molar-refractivity contribution in [1.29, 1.82) is 0 Å². The summed E-state index contributed by atoms with van der Waals surface area (Å²) in [4.78, 5) is 51.5. The summed E-state index contributed by atoms with van der Waals surface area (Å²) in [6.45, 7) is 15.1. The van der Waals surface area contributed by atoms with E-state index in [1.807, 2.05) is 45.3 Å². The number of ketones is 1. The number of allylic oxidation sites excluding steroid dienone is 2. The molecule has 1 aromatic heterocycles. The third-order valence-corrected chi connectivity index (χ3v) is 12.5. The van der Waals surface area contributed by atoms with Crippen molar-refractivity contribution >= 4 is 40.3 Å². The average molecular weight is 792 g/mol. The predicted octanol–water partition coefficient (Wildman–Crippen LogP) is 9.20. The second-order valence-electron chi connectivity index (χ2n) is 17.2. The fraction of sp³-hybridized carbons (Fsp3) is 0.511. The molecule has 0 saturated heterocycles. The van der Waals surface area contributed by atoms with E-state index in [-0.39, 0.29) is 36.0 Å². The van der Waals surface area contributed by atoms with Crippen LogP contribution in [0.25, 0.3) is 10.4 Å². The number of aliphatic imine (C=N–C) groups is 1. The van der Waals surface area contributed by atoms with Gasteiger partial charge >= 0.3 is 0 Å². The molecule has 9 nitrogen and oxygen atoms in total. The van der Waals surface area contributed by atoms with Gasteiger partial charge in [0.05, 0.1) is 40.0 Å². The quantitative estimate of drug-likeness (QED) is 0.132. The standard InChI is InChI=1S/C47H61N5O4S/c1-30-17-22-38(37(26-30)28-49-31(2)33-18-20-35(21-19-33)44-32(3)50-29-57-44)43(54)45(47(4,5)6)52-41(53)16-7-8-23-48-46(55)39-15-9-12-36-27-40(51-42(36)39)34-13-10-24-56-25-11-14-34/h9,12-13,15,18-22,29-31,37,45,49H,7-8,10-11,14,16-17,23-28H2,1-6H3,(H,48,55)(H,52,53)/b34-13-/t30-,31-,37-,45+/m0/s1. The molecule has 0 fully saturated rings. The summed E-state index contributed by atoms with van der Waals surface area (Å²) in [5.74, 6) is 0.265. The van der Waals surface area contributed by atoms with Crippen LogP contribution in [-0.2, 0) is 20.7 Å². The molecule has 10 heteroatoms. The van der Waals surface area contributed by atoms with E-state index in [0.29, 0.717) is 37.4 Å². The highest BCUT2D eigenvalue weighted by Crippen LogP contribution is 2.35. The molecule has 3 heterocycles. The van der Waals surface area contributed by atoms with E-state index >= 15 is 0 Å². The lowest BCUT2D eigenvalue weighted by molar-refractivity contribution is -0.128. The van der Waals surface area contributed by atoms with E-state index in [2.05, 4.69) is 77.3 Å². The molecule has 0 saturated carbocycles. The lowest BCUT2D eigenvalue weighted by atomic mass is 9.74. The molecule has 0 spiro atoms. The molecule has 0 bridgehead atoms. The lowest BCUT2D eigenvalue weighted by Crippen LogP contribution is -2.51. The molecule has 0 unspecified atom stereocenters. The van der Waals surface area contributed by atoms with E-state index in [9.17, 15) is 14.4 Å². The Bertz CT molecular complexity index is 1990. The van der Waals surface area contributed by atoms with Crippen LogP contribution in [-0.4, -0.2) is 60.6 Å². The average Bonchev–Trinajstić information content (AvgIpc) is 3.81. The van der Waals surface area contributed by atoms with Crippen molar-refractivity contribution in [2.45, 2.75) is 111 Å². The number of ether oxygens (including phenoxy) is 1. The van der Waals surface area contributed by atoms with Crippen LogP contribution in [0.5, 0.6) is 0 Å². The van der Waals surface area contributed by atoms with Gasteiger partial charge in [0, 0.05) is 44.3 Å². The summed E-state index contributed by atoms with van der Waals surface area (Å²) in [5, 5.41) is 9.89. The van der Waals surface area contributed by atoms with Crippen molar-refractivity contribution in [2.24, 2.45) is 22.2 Å². The van der Waals surface area contributed by atoms with Gasteiger partial charge in [-0.25, -0.2) is 4.98 Å². The van der Waals surface area contributed by atoms with Gasteiger partial charge in [0.1, 0.15) is 0 Å². The van der Waals surface area contributed by atoms with Gasteiger partial charge in [0.2, 0.25) is 5.91 Å². The highest BCUT2D eigenvalue weighted by atomic mass is 32.1. The number of thiazole rings is 1. The van der Waals surface area contributed by atoms with Crippen LogP contribution < -0.4 is 16.0 Å². The maximum Gasteiger partial charge on any atom is 0.253 e. The number of hydrogen-bond donors (Lipinski definition) is 3. The van der Waals surface area contributed by atoms with E-state index in [1.54, 1.807) is 11.3 Å². The number of Topliss-reactive ketones (excluding diaryl/α,β-unsaturated/α-hetero) is 1. The molecule has 3 N–H and O–H groups in total. The molecular formula is C47H61N5O4S. The van der Waals surface area contributed by atoms with Gasteiger partial charge in [-0.2, -0.15) is 0 Å². The molecular weight excluding hydrogens is 731 g/mol. The number of unbranched alkanes of at least 4 members (excludes halogenated alkanes) is 1. The van der Waals surface area contributed by atoms with Gasteiger partial charge in [-0.1, -0.05) is 76.2 Å². The second-order valence-corrected chi connectivity index (χ2v) is 18.0. The van der Waals surface area contributed by atoms with Crippen molar-refractivity contribution in [1.82, 2.24) is 20.9 Å². The number of aromatic nitrogens is 1. The Hall–Kier alpha value is -4.25. The zero-order valence-corrected chi connectivity index (χ0v) is 35.5. The highest BCUT2D eigenvalue weighted by Gasteiger charge is 2.38. The summed E-state index contributed by atoms with van der Waals surface area (Å²) in [5.41, 5.74) is 10.4. The number of amides is 2. The first-order valence-electron chi connectivity index (χ1n) is 20.9. The molecule has 57 heavy (non-hydrogen) atoms. The second kappa shape index (κ2) is 19.5. The summed E-state index contributed by atoms with van der Waals surface area (Å²) in [6, 6.07) is 14.0. The smallest absolute Gasteiger partial charge is 0.253 e. The number of rotatable bonds is 15. The number of carbonyl (C=O) groups excluding carboxylic acids is 3. The minimum absolute atomic E-state index is 0.0137. The largest absolute Gasteiger partial charge is 0.381 e. The number of benzene rings is 2. The molecule has 1 aliphatic carbocycles. The van der Waals surface area contributed by atoms with Crippen molar-refractivity contribution < 1.29 is 19.1 Å². The van der Waals surface area contributed by atoms with Crippen molar-refractivity contribution in [3.8, 4) is 10.4 Å². The van der Waals surface area contributed by atoms with E-state index in [4.69, 9.17) is 9.73 Å². The Balaban J connectivity index is 0.989. The summed E-state index contributed by atoms with van der Waals surface area (Å²) in [6.07, 6.45) is 11.2. The molecule has 304 valence electrons. The SMILES string of the molecule is Cc1ncsc1-c1ccc([C@H](C)NC[C@@H]2C[C@@H](C)CC=C2C(=O)[C@@H](NC(=O)CCCCNC(=O)c2cccc3c2N=C(/C2=C\CCOCCC2)C3)C(C)(C)C)cc1. The molecule has 2 aliphatic heterocycles. The first-order valence-corrected chi connectivity index (χ1v) is 21.8. The summed E-state index contributed by atoms with van der Waals surface area (Å²) >= 11 is 1.66. The van der Waals surface area contributed by atoms with Crippen LogP contribution in [0.15, 0.2) is 76.3 Å². The number of nitrogens with zero attached hydrogens (tertiary/aromatic N) is 2. The van der Waals surface area contributed by atoms with Crippen LogP contribution in [0.4, 0.5) is 5.69 Å². The number of nitrogens with one attached hydrogen (secondary N) is 3. The number of para-hydroxylation sites is 1. The monoisotopic (exact) mass is 791 g/mol. The van der Waals surface area contributed by atoms with Gasteiger partial charge in [-0.15, -0.1) is 11.3 Å². The Labute approximate surface area is 343 Å². The Kier molecular flexibility index (Phi) is 14.5. The zero-order chi connectivity index (χ0) is 40.5. The minimum atomic E-state index is -0.635. The lowest BCUT2D eigenvalue weighted by Gasteiger charge is -2.35. The third-order valence-electron chi connectivity index (χ3n) is 11.5. The highest BCUT2D eigenvalue weighted by molar-refractivity contribution is 7.13. The predicted molar refractivity (Wildman–Crippen MR) is 231 cm³/mol. The number of carbonyl (C=O) groups is 3. The molecule has 3 aromatic rings. The minimum Gasteiger partial charge on any atom is -0.381 e. The molecule has 0 radical (unpaired) electrons. The Morgan fingerprint density at radius 3 is 2.60 bits per heavy atom. The summed E-state index contributed by atoms with van der Waals surface area (Å²) < 4.78 is 5.59. The van der Waals surface area contributed by atoms with Crippen molar-refractivity contribution in [3.63, 3.8) is 0 Å². The molecule has 6 rings (SSSR count). The normalized spacial score (nSPS) is 20.5. The first kappa shape index (κ1) is 42.4. The van der Waals surface area contributed by atoms with E-state index < -0.39 is 11.5 Å². The van der Waals surface area contributed by atoms with Crippen LogP contribution in [0, 0.1) is 24.2 Å². The van der Waals surface area contributed by atoms with Crippen LogP contribution in [0.3, 0.4) is 0 Å². The summed E-state index contributed by atoms with van der Waals surface area (Å²) in [7, 11) is 0. The topological polar surface area (TPSA) is 122 Å². The van der Waals surface area contributed by atoms with Crippen LogP contribution in [0.1, 0.15) is 119 Å². The van der Waals surface area contributed by atoms with E-state index in [0.717, 1.165) is 80.0 Å². The fourth-order valence-electron chi connectivity index (χ4n) is 8.16. The first-order chi connectivity index (χ1) is 27.4. The molecule has 4 atom stereocenters. The molecule has 2 amide bonds.